The highest BCUT2D eigenvalue weighted by atomic mass is 15.1. The molecule has 0 amide bonds. The molecule has 0 N–H and O–H groups in total. The fraction of sp³-hybridized carbons (Fsp3) is 0.0588. The van der Waals surface area contributed by atoms with Gasteiger partial charge in [0.25, 0.3) is 0 Å². The zero-order valence-corrected chi connectivity index (χ0v) is 29.8. The number of benzene rings is 8. The van der Waals surface area contributed by atoms with E-state index in [1.807, 2.05) is 0 Å². The first-order valence-electron chi connectivity index (χ1n) is 18.5. The summed E-state index contributed by atoms with van der Waals surface area (Å²) in [4.78, 5) is 4.78. The molecule has 1 unspecified atom stereocenters. The maximum absolute atomic E-state index is 2.43. The normalized spacial score (nSPS) is 13.7. The van der Waals surface area contributed by atoms with Crippen molar-refractivity contribution in [2.24, 2.45) is 5.92 Å². The molecule has 2 heteroatoms. The SMILES string of the molecule is CC1C=Cc2c(cccc2N(c2ccc(C=Cc3ccc(N(c4ccccc4)c4cccc5ccccc45)cc3)cc2)c2cccc3ccccc23)C1. The lowest BCUT2D eigenvalue weighted by atomic mass is 9.89. The lowest BCUT2D eigenvalue weighted by molar-refractivity contribution is 0.717. The Morgan fingerprint density at radius 2 is 0.906 bits per heavy atom. The van der Waals surface area contributed by atoms with E-state index in [-0.39, 0.29) is 0 Å². The van der Waals surface area contributed by atoms with Crippen LogP contribution >= 0.6 is 0 Å². The predicted octanol–water partition coefficient (Wildman–Crippen LogP) is 14.3. The number of hydrogen-bond donors (Lipinski definition) is 0. The average molecular weight is 681 g/mol. The van der Waals surface area contributed by atoms with Gasteiger partial charge in [0.1, 0.15) is 0 Å². The zero-order chi connectivity index (χ0) is 35.6. The summed E-state index contributed by atoms with van der Waals surface area (Å²) in [6.07, 6.45) is 10.1. The van der Waals surface area contributed by atoms with E-state index in [1.54, 1.807) is 0 Å². The second kappa shape index (κ2) is 14.2. The number of rotatable bonds is 8. The van der Waals surface area contributed by atoms with E-state index in [1.165, 1.54) is 44.0 Å². The van der Waals surface area contributed by atoms with E-state index in [4.69, 9.17) is 0 Å². The third kappa shape index (κ3) is 6.41. The van der Waals surface area contributed by atoms with Gasteiger partial charge in [-0.15, -0.1) is 0 Å². The van der Waals surface area contributed by atoms with Crippen LogP contribution < -0.4 is 9.80 Å². The van der Waals surface area contributed by atoms with Gasteiger partial charge in [0.05, 0.1) is 17.1 Å². The van der Waals surface area contributed by atoms with Crippen LogP contribution in [0.25, 0.3) is 39.8 Å². The predicted molar refractivity (Wildman–Crippen MR) is 228 cm³/mol. The van der Waals surface area contributed by atoms with E-state index in [9.17, 15) is 0 Å². The Bertz CT molecular complexity index is 2590. The summed E-state index contributed by atoms with van der Waals surface area (Å²) >= 11 is 0. The van der Waals surface area contributed by atoms with E-state index in [0.29, 0.717) is 5.92 Å². The van der Waals surface area contributed by atoms with Gasteiger partial charge in [-0.25, -0.2) is 0 Å². The first-order chi connectivity index (χ1) is 26.2. The second-order valence-corrected chi connectivity index (χ2v) is 13.9. The molecule has 8 aromatic rings. The van der Waals surface area contributed by atoms with Crippen molar-refractivity contribution in [1.82, 2.24) is 0 Å². The van der Waals surface area contributed by atoms with E-state index in [0.717, 1.165) is 40.3 Å². The average Bonchev–Trinajstić information content (AvgIpc) is 3.22. The van der Waals surface area contributed by atoms with Crippen LogP contribution in [0.3, 0.4) is 0 Å². The minimum absolute atomic E-state index is 0.540. The maximum atomic E-state index is 2.43. The molecule has 53 heavy (non-hydrogen) atoms. The largest absolute Gasteiger partial charge is 0.310 e. The molecule has 1 aliphatic rings. The lowest BCUT2D eigenvalue weighted by Crippen LogP contribution is -2.14. The molecule has 0 saturated carbocycles. The van der Waals surface area contributed by atoms with Gasteiger partial charge in [-0.3, -0.25) is 0 Å². The Kier molecular flexibility index (Phi) is 8.63. The van der Waals surface area contributed by atoms with Crippen molar-refractivity contribution in [1.29, 1.82) is 0 Å². The topological polar surface area (TPSA) is 6.48 Å². The molecule has 0 bridgehead atoms. The third-order valence-electron chi connectivity index (χ3n) is 10.3. The van der Waals surface area contributed by atoms with Crippen LogP contribution in [0.2, 0.25) is 0 Å². The van der Waals surface area contributed by atoms with E-state index < -0.39 is 0 Å². The third-order valence-corrected chi connectivity index (χ3v) is 10.3. The van der Waals surface area contributed by atoms with Crippen LogP contribution in [0.4, 0.5) is 34.1 Å². The number of allylic oxidation sites excluding steroid dienone is 1. The van der Waals surface area contributed by atoms with Crippen molar-refractivity contribution in [3.63, 3.8) is 0 Å². The van der Waals surface area contributed by atoms with Crippen molar-refractivity contribution >= 4 is 73.9 Å². The quantitative estimate of drug-likeness (QED) is 0.147. The van der Waals surface area contributed by atoms with Crippen molar-refractivity contribution < 1.29 is 0 Å². The Balaban J connectivity index is 1.03. The van der Waals surface area contributed by atoms with E-state index in [2.05, 4.69) is 223 Å². The van der Waals surface area contributed by atoms with E-state index >= 15 is 0 Å². The maximum Gasteiger partial charge on any atom is 0.0540 e. The molecule has 2 nitrogen and oxygen atoms in total. The highest BCUT2D eigenvalue weighted by Gasteiger charge is 2.21. The van der Waals surface area contributed by atoms with Gasteiger partial charge in [-0.05, 0) is 94.4 Å². The standard InChI is InChI=1S/C51H40N2/c1-37-24-35-48-42(36-37)16-11-23-51(48)53(50-22-10-15-41-13-6-8-20-47(41)50)45-33-29-39(30-34-45)26-25-38-27-31-44(32-28-38)52(43-17-3-2-4-18-43)49-21-9-14-40-12-5-7-19-46(40)49/h2-35,37H,36H2,1H3. The smallest absolute Gasteiger partial charge is 0.0540 e. The van der Waals surface area contributed by atoms with Crippen molar-refractivity contribution in [3.05, 3.63) is 210 Å². The molecule has 1 atom stereocenters. The van der Waals surface area contributed by atoms with Gasteiger partial charge in [0.2, 0.25) is 0 Å². The van der Waals surface area contributed by atoms with Gasteiger partial charge in [-0.1, -0.05) is 159 Å². The van der Waals surface area contributed by atoms with Crippen LogP contribution in [0.15, 0.2) is 188 Å². The summed E-state index contributed by atoms with van der Waals surface area (Å²) in [5.74, 6) is 0.540. The van der Waals surface area contributed by atoms with Crippen LogP contribution in [0, 0.1) is 5.92 Å². The Morgan fingerprint density at radius 1 is 0.434 bits per heavy atom. The summed E-state index contributed by atoms with van der Waals surface area (Å²) < 4.78 is 0. The molecule has 0 fully saturated rings. The Hall–Kier alpha value is -6.64. The van der Waals surface area contributed by atoms with Crippen LogP contribution in [0.5, 0.6) is 0 Å². The fourth-order valence-corrected chi connectivity index (χ4v) is 7.72. The van der Waals surface area contributed by atoms with Crippen LogP contribution in [-0.2, 0) is 6.42 Å². The summed E-state index contributed by atoms with van der Waals surface area (Å²) in [5, 5.41) is 4.92. The lowest BCUT2D eigenvalue weighted by Gasteiger charge is -2.30. The van der Waals surface area contributed by atoms with Crippen LogP contribution in [0.1, 0.15) is 29.2 Å². The van der Waals surface area contributed by atoms with Gasteiger partial charge in [-0.2, -0.15) is 0 Å². The summed E-state index contributed by atoms with van der Waals surface area (Å²) in [6.45, 7) is 2.29. The minimum Gasteiger partial charge on any atom is -0.310 e. The highest BCUT2D eigenvalue weighted by Crippen LogP contribution is 2.43. The molecular formula is C51H40N2. The van der Waals surface area contributed by atoms with Crippen molar-refractivity contribution in [3.8, 4) is 0 Å². The minimum atomic E-state index is 0.540. The molecular weight excluding hydrogens is 641 g/mol. The van der Waals surface area contributed by atoms with Crippen molar-refractivity contribution in [2.45, 2.75) is 13.3 Å². The molecule has 0 aliphatic heterocycles. The molecule has 0 radical (unpaired) electrons. The summed E-state index contributed by atoms with van der Waals surface area (Å²) in [7, 11) is 0. The molecule has 254 valence electrons. The fourth-order valence-electron chi connectivity index (χ4n) is 7.72. The Labute approximate surface area is 312 Å². The molecule has 0 aromatic heterocycles. The molecule has 0 heterocycles. The second-order valence-electron chi connectivity index (χ2n) is 13.9. The van der Waals surface area contributed by atoms with Gasteiger partial charge >= 0.3 is 0 Å². The molecule has 0 saturated heterocycles. The van der Waals surface area contributed by atoms with Crippen molar-refractivity contribution in [2.75, 3.05) is 9.80 Å². The number of fused-ring (bicyclic) bond motifs is 3. The summed E-state index contributed by atoms with van der Waals surface area (Å²) in [6, 6.07) is 65.6. The monoisotopic (exact) mass is 680 g/mol. The molecule has 0 spiro atoms. The number of hydrogen-bond acceptors (Lipinski definition) is 2. The molecule has 9 rings (SSSR count). The van der Waals surface area contributed by atoms with Gasteiger partial charge in [0, 0.05) is 33.4 Å². The summed E-state index contributed by atoms with van der Waals surface area (Å²) in [5.41, 5.74) is 11.9. The molecule has 1 aliphatic carbocycles. The van der Waals surface area contributed by atoms with Crippen LogP contribution in [-0.4, -0.2) is 0 Å². The zero-order valence-electron chi connectivity index (χ0n) is 29.8. The Morgan fingerprint density at radius 3 is 1.53 bits per heavy atom. The van der Waals surface area contributed by atoms with Gasteiger partial charge in [0.15, 0.2) is 0 Å². The number of nitrogens with zero attached hydrogens (tertiary/aromatic N) is 2. The number of para-hydroxylation sites is 1. The highest BCUT2D eigenvalue weighted by molar-refractivity contribution is 6.01. The first-order valence-corrected chi connectivity index (χ1v) is 18.5. The molecule has 8 aromatic carbocycles. The first kappa shape index (κ1) is 32.3. The number of anilines is 6. The van der Waals surface area contributed by atoms with Gasteiger partial charge < -0.3 is 9.80 Å².